The topological polar surface area (TPSA) is 92.8 Å². The fourth-order valence-corrected chi connectivity index (χ4v) is 6.18. The second-order valence-corrected chi connectivity index (χ2v) is 11.5. The third-order valence-corrected chi connectivity index (χ3v) is 8.19. The summed E-state index contributed by atoms with van der Waals surface area (Å²) in [6.07, 6.45) is 3.00. The van der Waals surface area contributed by atoms with E-state index >= 15 is 0 Å². The molecule has 182 valence electrons. The Labute approximate surface area is 197 Å². The minimum Gasteiger partial charge on any atom is -0.435 e. The van der Waals surface area contributed by atoms with Crippen molar-refractivity contribution in [3.8, 4) is 5.75 Å². The summed E-state index contributed by atoms with van der Waals surface area (Å²) >= 11 is 0. The van der Waals surface area contributed by atoms with Gasteiger partial charge in [-0.15, -0.1) is 0 Å². The Morgan fingerprint density at radius 1 is 1.18 bits per heavy atom. The lowest BCUT2D eigenvalue weighted by Gasteiger charge is -2.21. The molecule has 7 nitrogen and oxygen atoms in total. The molecule has 0 aromatic heterocycles. The number of carbonyl (C=O) groups excluding carboxylic acids is 2. The van der Waals surface area contributed by atoms with Crippen molar-refractivity contribution in [3.63, 3.8) is 0 Å². The first-order valence-corrected chi connectivity index (χ1v) is 12.9. The van der Waals surface area contributed by atoms with Gasteiger partial charge in [-0.1, -0.05) is 6.07 Å². The highest BCUT2D eigenvalue weighted by Gasteiger charge is 2.45. The zero-order chi connectivity index (χ0) is 24.8. The van der Waals surface area contributed by atoms with E-state index in [4.69, 9.17) is 0 Å². The van der Waals surface area contributed by atoms with Crippen molar-refractivity contribution in [2.45, 2.75) is 56.4 Å². The highest BCUT2D eigenvalue weighted by Crippen LogP contribution is 2.46. The average Bonchev–Trinajstić information content (AvgIpc) is 3.29. The van der Waals surface area contributed by atoms with E-state index in [1.165, 1.54) is 29.4 Å². The van der Waals surface area contributed by atoms with Gasteiger partial charge in [-0.3, -0.25) is 14.5 Å². The summed E-state index contributed by atoms with van der Waals surface area (Å²) in [6, 6.07) is 10.3. The summed E-state index contributed by atoms with van der Waals surface area (Å²) in [4.78, 5) is 27.7. The highest BCUT2D eigenvalue weighted by molar-refractivity contribution is 7.91. The van der Waals surface area contributed by atoms with Gasteiger partial charge in [0.2, 0.25) is 5.91 Å². The second kappa shape index (κ2) is 8.65. The van der Waals surface area contributed by atoms with Crippen LogP contribution in [-0.4, -0.2) is 44.4 Å². The first-order valence-electron chi connectivity index (χ1n) is 10.9. The summed E-state index contributed by atoms with van der Waals surface area (Å²) in [7, 11) is -3.29. The quantitative estimate of drug-likeness (QED) is 0.660. The summed E-state index contributed by atoms with van der Waals surface area (Å²) in [6.45, 7) is 0.467. The first-order chi connectivity index (χ1) is 15.9. The van der Waals surface area contributed by atoms with Gasteiger partial charge in [0, 0.05) is 23.9 Å². The average molecular weight is 493 g/mol. The van der Waals surface area contributed by atoms with Gasteiger partial charge in [0.1, 0.15) is 5.75 Å². The van der Waals surface area contributed by atoms with E-state index in [-0.39, 0.29) is 11.7 Å². The van der Waals surface area contributed by atoms with E-state index in [0.29, 0.717) is 35.3 Å². The molecule has 4 rings (SSSR count). The maximum absolute atomic E-state index is 13.3. The van der Waals surface area contributed by atoms with E-state index in [1.54, 1.807) is 38.1 Å². The number of amides is 2. The van der Waals surface area contributed by atoms with Crippen LogP contribution in [0.2, 0.25) is 0 Å². The third kappa shape index (κ3) is 4.38. The van der Waals surface area contributed by atoms with E-state index < -0.39 is 39.1 Å². The number of hydrogen-bond donors (Lipinski definition) is 1. The fourth-order valence-electron chi connectivity index (χ4n) is 4.79. The lowest BCUT2D eigenvalue weighted by molar-refractivity contribution is -0.121. The van der Waals surface area contributed by atoms with Crippen molar-refractivity contribution in [1.82, 2.24) is 5.32 Å². The molecule has 1 aliphatic carbocycles. The number of carbonyl (C=O) groups is 2. The number of halogens is 2. The van der Waals surface area contributed by atoms with Crippen LogP contribution in [0.3, 0.4) is 0 Å². The Hall–Kier alpha value is -3.01. The molecule has 2 atom stereocenters. The van der Waals surface area contributed by atoms with E-state index in [1.807, 2.05) is 0 Å². The third-order valence-electron chi connectivity index (χ3n) is 6.53. The highest BCUT2D eigenvalue weighted by atomic mass is 32.2. The molecule has 2 amide bonds. The summed E-state index contributed by atoms with van der Waals surface area (Å²) in [5.74, 6) is -0.751. The van der Waals surface area contributed by atoms with Gasteiger partial charge in [-0.05, 0) is 69.0 Å². The molecule has 0 radical (unpaired) electrons. The van der Waals surface area contributed by atoms with Crippen molar-refractivity contribution in [3.05, 3.63) is 53.6 Å². The van der Waals surface area contributed by atoms with Crippen LogP contribution in [0.5, 0.6) is 5.75 Å². The minimum atomic E-state index is -3.29. The van der Waals surface area contributed by atoms with Gasteiger partial charge in [-0.25, -0.2) is 8.42 Å². The van der Waals surface area contributed by atoms with Gasteiger partial charge >= 0.3 is 6.61 Å². The molecule has 1 aliphatic heterocycles. The summed E-state index contributed by atoms with van der Waals surface area (Å²) in [5, 5.41) is 2.24. The predicted octanol–water partition coefficient (Wildman–Crippen LogP) is 3.94. The Balaban J connectivity index is 1.64. The van der Waals surface area contributed by atoms with E-state index in [2.05, 4.69) is 10.1 Å². The number of nitrogens with zero attached hydrogens (tertiary/aromatic N) is 1. The molecule has 0 bridgehead atoms. The zero-order valence-electron chi connectivity index (χ0n) is 19.0. The van der Waals surface area contributed by atoms with Crippen LogP contribution in [0.4, 0.5) is 20.2 Å². The van der Waals surface area contributed by atoms with Crippen molar-refractivity contribution in [2.24, 2.45) is 0 Å². The largest absolute Gasteiger partial charge is 0.435 e. The molecule has 34 heavy (non-hydrogen) atoms. The molecule has 2 aromatic carbocycles. The van der Waals surface area contributed by atoms with Crippen LogP contribution in [0.25, 0.3) is 0 Å². The minimum absolute atomic E-state index is 0.0699. The number of alkyl halides is 2. The van der Waals surface area contributed by atoms with Crippen molar-refractivity contribution >= 4 is 33.0 Å². The monoisotopic (exact) mass is 492 g/mol. The standard InChI is InChI=1S/C24H26F2N2O5S/c1-24(2)17-12-14(21(29)27-18-8-5-9-20(18)34(3,31)32)10-11-19(17)28(22(24)30)15-6-4-7-16(13-15)33-23(25)26/h4,6-7,10-13,18,20,23H,5,8-9H2,1-3H3,(H,27,29). The molecule has 0 spiro atoms. The molecule has 1 saturated carbocycles. The number of ether oxygens (including phenoxy) is 1. The van der Waals surface area contributed by atoms with E-state index in [0.717, 1.165) is 6.42 Å². The van der Waals surface area contributed by atoms with Gasteiger partial charge in [0.25, 0.3) is 5.91 Å². The van der Waals surface area contributed by atoms with Crippen LogP contribution in [0.1, 0.15) is 49.0 Å². The number of fused-ring (bicyclic) bond motifs is 1. The maximum atomic E-state index is 13.3. The van der Waals surface area contributed by atoms with Crippen LogP contribution in [0, 0.1) is 0 Å². The Bertz CT molecular complexity index is 1250. The van der Waals surface area contributed by atoms with Gasteiger partial charge in [0.05, 0.1) is 22.0 Å². The lowest BCUT2D eigenvalue weighted by Crippen LogP contribution is -2.43. The molecule has 10 heteroatoms. The first kappa shape index (κ1) is 24.1. The molecule has 2 aliphatic rings. The molecule has 2 unspecified atom stereocenters. The van der Waals surface area contributed by atoms with Crippen LogP contribution in [-0.2, 0) is 20.0 Å². The number of nitrogens with one attached hydrogen (secondary N) is 1. The van der Waals surface area contributed by atoms with Crippen LogP contribution >= 0.6 is 0 Å². The Morgan fingerprint density at radius 2 is 1.91 bits per heavy atom. The summed E-state index contributed by atoms with van der Waals surface area (Å²) in [5.41, 5.74) is 0.852. The fraction of sp³-hybridized carbons (Fsp3) is 0.417. The number of rotatable bonds is 6. The Morgan fingerprint density at radius 3 is 2.59 bits per heavy atom. The Kier molecular flexibility index (Phi) is 6.14. The number of anilines is 2. The lowest BCUT2D eigenvalue weighted by atomic mass is 9.85. The molecule has 1 heterocycles. The van der Waals surface area contributed by atoms with Crippen molar-refractivity contribution in [1.29, 1.82) is 0 Å². The van der Waals surface area contributed by atoms with Crippen molar-refractivity contribution in [2.75, 3.05) is 11.2 Å². The van der Waals surface area contributed by atoms with Crippen molar-refractivity contribution < 1.29 is 31.5 Å². The summed E-state index contributed by atoms with van der Waals surface area (Å²) < 4.78 is 53.9. The van der Waals surface area contributed by atoms with Gasteiger partial charge in [-0.2, -0.15) is 8.78 Å². The number of sulfone groups is 1. The number of benzene rings is 2. The molecule has 1 fully saturated rings. The zero-order valence-corrected chi connectivity index (χ0v) is 19.9. The molecular formula is C24H26F2N2O5S. The predicted molar refractivity (Wildman–Crippen MR) is 123 cm³/mol. The molecule has 0 saturated heterocycles. The second-order valence-electron chi connectivity index (χ2n) is 9.25. The number of hydrogen-bond acceptors (Lipinski definition) is 5. The van der Waals surface area contributed by atoms with Crippen LogP contribution in [0.15, 0.2) is 42.5 Å². The SMILES string of the molecule is CC1(C)C(=O)N(c2cccc(OC(F)F)c2)c2ccc(C(=O)NC3CCCC3S(C)(=O)=O)cc21. The molecular weight excluding hydrogens is 466 g/mol. The van der Waals surface area contributed by atoms with E-state index in [9.17, 15) is 26.8 Å². The van der Waals surface area contributed by atoms with Gasteiger partial charge < -0.3 is 10.1 Å². The molecule has 1 N–H and O–H groups in total. The molecule has 2 aromatic rings. The van der Waals surface area contributed by atoms with Gasteiger partial charge in [0.15, 0.2) is 9.84 Å². The normalized spacial score (nSPS) is 21.6. The van der Waals surface area contributed by atoms with Crippen LogP contribution < -0.4 is 15.0 Å². The smallest absolute Gasteiger partial charge is 0.387 e. The maximum Gasteiger partial charge on any atom is 0.387 e.